The van der Waals surface area contributed by atoms with Crippen LogP contribution in [0, 0.1) is 5.82 Å². The molecule has 4 rings (SSSR count). The molecule has 12 heteroatoms. The Morgan fingerprint density at radius 1 is 1.09 bits per heavy atom. The summed E-state index contributed by atoms with van der Waals surface area (Å²) >= 11 is 0. The third-order valence-corrected chi connectivity index (χ3v) is 5.04. The summed E-state index contributed by atoms with van der Waals surface area (Å²) in [5.41, 5.74) is 6.77. The Kier molecular flexibility index (Phi) is 6.47. The van der Waals surface area contributed by atoms with E-state index in [-0.39, 0.29) is 12.6 Å². The van der Waals surface area contributed by atoms with E-state index in [0.29, 0.717) is 40.5 Å². The van der Waals surface area contributed by atoms with Gasteiger partial charge in [-0.15, -0.1) is 0 Å². The number of alkyl halides is 3. The number of nitrogens with zero attached hydrogens (tertiary/aromatic N) is 1. The normalized spacial score (nSPS) is 11.5. The predicted octanol–water partition coefficient (Wildman–Crippen LogP) is 5.60. The maximum atomic E-state index is 13.9. The highest BCUT2D eigenvalue weighted by molar-refractivity contribution is 6.04. The third-order valence-electron chi connectivity index (χ3n) is 5.04. The van der Waals surface area contributed by atoms with E-state index < -0.39 is 29.3 Å². The fourth-order valence-corrected chi connectivity index (χ4v) is 3.43. The second-order valence-corrected chi connectivity index (χ2v) is 7.37. The Labute approximate surface area is 196 Å². The topological polar surface area (TPSA) is 114 Å². The Morgan fingerprint density at radius 2 is 1.83 bits per heavy atom. The van der Waals surface area contributed by atoms with Gasteiger partial charge >= 0.3 is 12.2 Å². The van der Waals surface area contributed by atoms with Crippen LogP contribution < -0.4 is 21.1 Å². The Hall–Kier alpha value is -4.32. The summed E-state index contributed by atoms with van der Waals surface area (Å²) in [6, 6.07) is 11.0. The van der Waals surface area contributed by atoms with E-state index in [4.69, 9.17) is 15.2 Å². The molecule has 3 aromatic carbocycles. The molecule has 182 valence electrons. The van der Waals surface area contributed by atoms with Crippen LogP contribution in [0.2, 0.25) is 0 Å². The van der Waals surface area contributed by atoms with Gasteiger partial charge in [-0.1, -0.05) is 12.1 Å². The number of aromatic nitrogens is 2. The SMILES string of the molecule is COCOc1ccc(-c2ccc(NC(=O)Nc3cc(C(F)(F)F)ccc3F)cc2)c2c(N)n[nH]c12. The number of methoxy groups -OCH3 is 1. The lowest BCUT2D eigenvalue weighted by molar-refractivity contribution is -0.137. The van der Waals surface area contributed by atoms with E-state index in [1.807, 2.05) is 0 Å². The van der Waals surface area contributed by atoms with Crippen molar-refractivity contribution in [2.75, 3.05) is 30.3 Å². The van der Waals surface area contributed by atoms with Crippen LogP contribution in [0.5, 0.6) is 5.75 Å². The van der Waals surface area contributed by atoms with Crippen molar-refractivity contribution in [3.8, 4) is 16.9 Å². The first-order valence-corrected chi connectivity index (χ1v) is 10.1. The van der Waals surface area contributed by atoms with Gasteiger partial charge in [0.15, 0.2) is 12.6 Å². The second kappa shape index (κ2) is 9.50. The first kappa shape index (κ1) is 23.8. The molecule has 0 radical (unpaired) electrons. The van der Waals surface area contributed by atoms with E-state index in [1.54, 1.807) is 36.4 Å². The summed E-state index contributed by atoms with van der Waals surface area (Å²) in [6.45, 7) is 0.0419. The number of rotatable bonds is 6. The van der Waals surface area contributed by atoms with Gasteiger partial charge in [0.05, 0.1) is 16.6 Å². The molecule has 0 aliphatic heterocycles. The molecule has 0 fully saturated rings. The lowest BCUT2D eigenvalue weighted by Gasteiger charge is -2.12. The number of hydrogen-bond donors (Lipinski definition) is 4. The molecular weight excluding hydrogens is 470 g/mol. The maximum absolute atomic E-state index is 13.9. The number of nitrogen functional groups attached to an aromatic ring is 1. The van der Waals surface area contributed by atoms with Crippen molar-refractivity contribution < 1.29 is 31.8 Å². The highest BCUT2D eigenvalue weighted by Crippen LogP contribution is 2.37. The summed E-state index contributed by atoms with van der Waals surface area (Å²) in [6.07, 6.45) is -4.67. The maximum Gasteiger partial charge on any atom is 0.416 e. The zero-order valence-electron chi connectivity index (χ0n) is 18.2. The van der Waals surface area contributed by atoms with E-state index in [2.05, 4.69) is 20.8 Å². The Balaban J connectivity index is 1.52. The average molecular weight is 489 g/mol. The summed E-state index contributed by atoms with van der Waals surface area (Å²) in [7, 11) is 1.50. The molecule has 0 bridgehead atoms. The molecule has 8 nitrogen and oxygen atoms in total. The van der Waals surface area contributed by atoms with Gasteiger partial charge in [0.2, 0.25) is 0 Å². The van der Waals surface area contributed by atoms with Gasteiger partial charge in [-0.3, -0.25) is 5.10 Å². The fraction of sp³-hybridized carbons (Fsp3) is 0.130. The smallest absolute Gasteiger partial charge is 0.416 e. The number of nitrogens with two attached hydrogens (primary N) is 1. The number of amides is 2. The summed E-state index contributed by atoms with van der Waals surface area (Å²) < 4.78 is 62.9. The molecule has 4 aromatic rings. The zero-order chi connectivity index (χ0) is 25.2. The molecule has 1 heterocycles. The molecule has 35 heavy (non-hydrogen) atoms. The first-order chi connectivity index (χ1) is 16.7. The number of carbonyl (C=O) groups is 1. The van der Waals surface area contributed by atoms with Crippen molar-refractivity contribution in [2.24, 2.45) is 0 Å². The monoisotopic (exact) mass is 489 g/mol. The van der Waals surface area contributed by atoms with Crippen LogP contribution in [0.3, 0.4) is 0 Å². The van der Waals surface area contributed by atoms with Crippen molar-refractivity contribution in [3.05, 3.63) is 66.0 Å². The molecule has 2 amide bonds. The lowest BCUT2D eigenvalue weighted by atomic mass is 10.0. The number of benzene rings is 3. The van der Waals surface area contributed by atoms with E-state index in [0.717, 1.165) is 11.1 Å². The standard InChI is InChI=1S/C23H19F4N5O3/c1-34-11-35-18-9-7-15(19-20(18)31-32-21(19)28)12-2-5-14(6-3-12)29-22(33)30-17-10-13(23(25,26)27)4-8-16(17)24/h2-10H,11H2,1H3,(H3,28,31,32)(H2,29,30,33). The third kappa shape index (κ3) is 5.11. The van der Waals surface area contributed by atoms with E-state index >= 15 is 0 Å². The van der Waals surface area contributed by atoms with Crippen LogP contribution in [0.15, 0.2) is 54.6 Å². The van der Waals surface area contributed by atoms with Crippen molar-refractivity contribution in [1.82, 2.24) is 10.2 Å². The van der Waals surface area contributed by atoms with Gasteiger partial charge < -0.3 is 25.8 Å². The molecule has 0 atom stereocenters. The van der Waals surface area contributed by atoms with Crippen LogP contribution in [-0.2, 0) is 10.9 Å². The number of anilines is 3. The van der Waals surface area contributed by atoms with Crippen molar-refractivity contribution in [1.29, 1.82) is 0 Å². The molecular formula is C23H19F4N5O3. The van der Waals surface area contributed by atoms with Gasteiger partial charge in [0, 0.05) is 12.8 Å². The van der Waals surface area contributed by atoms with Crippen LogP contribution in [0.25, 0.3) is 22.0 Å². The number of hydrogen-bond acceptors (Lipinski definition) is 5. The quantitative estimate of drug-likeness (QED) is 0.208. The zero-order valence-corrected chi connectivity index (χ0v) is 18.2. The molecule has 0 saturated carbocycles. The predicted molar refractivity (Wildman–Crippen MR) is 122 cm³/mol. The van der Waals surface area contributed by atoms with Gasteiger partial charge in [-0.05, 0) is 53.6 Å². The van der Waals surface area contributed by atoms with Crippen molar-refractivity contribution >= 4 is 34.1 Å². The van der Waals surface area contributed by atoms with Crippen LogP contribution in [-0.4, -0.2) is 30.1 Å². The molecule has 0 aliphatic rings. The number of urea groups is 1. The van der Waals surface area contributed by atoms with Crippen molar-refractivity contribution in [2.45, 2.75) is 6.18 Å². The minimum Gasteiger partial charge on any atom is -0.465 e. The summed E-state index contributed by atoms with van der Waals surface area (Å²) in [4.78, 5) is 12.2. The summed E-state index contributed by atoms with van der Waals surface area (Å²) in [5.74, 6) is -0.225. The number of nitrogens with one attached hydrogen (secondary N) is 3. The molecule has 0 saturated heterocycles. The largest absolute Gasteiger partial charge is 0.465 e. The number of aromatic amines is 1. The number of fused-ring (bicyclic) bond motifs is 1. The fourth-order valence-electron chi connectivity index (χ4n) is 3.43. The Bertz CT molecular complexity index is 1370. The van der Waals surface area contributed by atoms with Crippen molar-refractivity contribution in [3.63, 3.8) is 0 Å². The average Bonchev–Trinajstić information content (AvgIpc) is 3.21. The van der Waals surface area contributed by atoms with E-state index in [9.17, 15) is 22.4 Å². The molecule has 1 aromatic heterocycles. The molecule has 5 N–H and O–H groups in total. The highest BCUT2D eigenvalue weighted by atomic mass is 19.4. The number of halogens is 4. The molecule has 0 aliphatic carbocycles. The lowest BCUT2D eigenvalue weighted by Crippen LogP contribution is -2.20. The van der Waals surface area contributed by atoms with Gasteiger partial charge in [0.25, 0.3) is 0 Å². The summed E-state index contributed by atoms with van der Waals surface area (Å²) in [5, 5.41) is 12.1. The highest BCUT2D eigenvalue weighted by Gasteiger charge is 2.31. The van der Waals surface area contributed by atoms with Crippen LogP contribution in [0.1, 0.15) is 5.56 Å². The van der Waals surface area contributed by atoms with Gasteiger partial charge in [0.1, 0.15) is 17.1 Å². The van der Waals surface area contributed by atoms with E-state index in [1.165, 1.54) is 7.11 Å². The number of ether oxygens (including phenoxy) is 2. The van der Waals surface area contributed by atoms with Crippen LogP contribution >= 0.6 is 0 Å². The Morgan fingerprint density at radius 3 is 2.51 bits per heavy atom. The minimum atomic E-state index is -4.67. The number of carbonyl (C=O) groups excluding carboxylic acids is 1. The van der Waals surface area contributed by atoms with Gasteiger partial charge in [-0.25, -0.2) is 9.18 Å². The first-order valence-electron chi connectivity index (χ1n) is 10.1. The second-order valence-electron chi connectivity index (χ2n) is 7.37. The number of H-pyrrole nitrogens is 1. The van der Waals surface area contributed by atoms with Gasteiger partial charge in [-0.2, -0.15) is 18.3 Å². The molecule has 0 unspecified atom stereocenters. The van der Waals surface area contributed by atoms with Crippen LogP contribution in [0.4, 0.5) is 39.5 Å². The molecule has 0 spiro atoms. The minimum absolute atomic E-state index is 0.0419.